The standard InChI is InChI=1S/C23H17N5OS2/c1-15-14-20(28-23(24-15)26-21(27-28)16-8-3-2-4-9-16)31-18-11-6-5-10-17(18)25-22(29)19-12-7-13-30-19/h2-14H,1H3,(H,25,29). The van der Waals surface area contributed by atoms with Crippen molar-refractivity contribution in [2.24, 2.45) is 0 Å². The van der Waals surface area contributed by atoms with Crippen LogP contribution in [0.3, 0.4) is 0 Å². The largest absolute Gasteiger partial charge is 0.320 e. The van der Waals surface area contributed by atoms with Gasteiger partial charge in [-0.3, -0.25) is 4.79 Å². The molecule has 5 aromatic rings. The van der Waals surface area contributed by atoms with Crippen molar-refractivity contribution >= 4 is 40.5 Å². The second kappa shape index (κ2) is 8.33. The number of nitrogens with zero attached hydrogens (tertiary/aromatic N) is 4. The van der Waals surface area contributed by atoms with Gasteiger partial charge in [-0.05, 0) is 36.6 Å². The summed E-state index contributed by atoms with van der Waals surface area (Å²) in [4.78, 5) is 23.3. The van der Waals surface area contributed by atoms with Gasteiger partial charge in [0.25, 0.3) is 11.7 Å². The lowest BCUT2D eigenvalue weighted by Gasteiger charge is -2.11. The minimum absolute atomic E-state index is 0.119. The molecule has 5 rings (SSSR count). The smallest absolute Gasteiger partial charge is 0.265 e. The normalized spacial score (nSPS) is 11.0. The van der Waals surface area contributed by atoms with E-state index in [1.165, 1.54) is 23.1 Å². The van der Waals surface area contributed by atoms with Gasteiger partial charge in [0.05, 0.1) is 10.6 Å². The highest BCUT2D eigenvalue weighted by Gasteiger charge is 2.15. The molecule has 0 bridgehead atoms. The number of nitrogens with one attached hydrogen (secondary N) is 1. The topological polar surface area (TPSA) is 72.2 Å². The van der Waals surface area contributed by atoms with Crippen molar-refractivity contribution in [1.82, 2.24) is 19.6 Å². The SMILES string of the molecule is Cc1cc(Sc2ccccc2NC(=O)c2cccs2)n2nc(-c3ccccc3)nc2n1. The Morgan fingerprint density at radius 3 is 2.61 bits per heavy atom. The fraction of sp³-hybridized carbons (Fsp3) is 0.0435. The minimum Gasteiger partial charge on any atom is -0.320 e. The molecule has 3 aromatic heterocycles. The zero-order chi connectivity index (χ0) is 21.2. The van der Waals surface area contributed by atoms with Crippen LogP contribution in [-0.4, -0.2) is 25.5 Å². The maximum absolute atomic E-state index is 12.6. The number of amides is 1. The third kappa shape index (κ3) is 4.08. The summed E-state index contributed by atoms with van der Waals surface area (Å²) in [5.74, 6) is 1.05. The number of para-hydroxylation sites is 1. The highest BCUT2D eigenvalue weighted by Crippen LogP contribution is 2.34. The van der Waals surface area contributed by atoms with Crippen LogP contribution >= 0.6 is 23.1 Å². The molecule has 0 spiro atoms. The van der Waals surface area contributed by atoms with Crippen molar-refractivity contribution in [3.8, 4) is 11.4 Å². The Morgan fingerprint density at radius 2 is 1.81 bits per heavy atom. The van der Waals surface area contributed by atoms with Crippen molar-refractivity contribution in [2.45, 2.75) is 16.8 Å². The van der Waals surface area contributed by atoms with Gasteiger partial charge in [-0.1, -0.05) is 60.3 Å². The van der Waals surface area contributed by atoms with E-state index in [1.807, 2.05) is 85.1 Å². The summed E-state index contributed by atoms with van der Waals surface area (Å²) < 4.78 is 1.75. The van der Waals surface area contributed by atoms with E-state index in [1.54, 1.807) is 4.52 Å². The average molecular weight is 444 g/mol. The van der Waals surface area contributed by atoms with E-state index in [0.717, 1.165) is 26.9 Å². The number of benzene rings is 2. The van der Waals surface area contributed by atoms with Crippen LogP contribution in [0.2, 0.25) is 0 Å². The molecule has 0 fully saturated rings. The number of carbonyl (C=O) groups excluding carboxylic acids is 1. The van der Waals surface area contributed by atoms with Crippen LogP contribution in [0.4, 0.5) is 5.69 Å². The number of thiophene rings is 1. The number of rotatable bonds is 5. The first-order valence-corrected chi connectivity index (χ1v) is 11.3. The molecule has 0 aliphatic heterocycles. The van der Waals surface area contributed by atoms with Crippen molar-refractivity contribution in [3.05, 3.63) is 88.7 Å². The van der Waals surface area contributed by atoms with Gasteiger partial charge in [-0.2, -0.15) is 9.50 Å². The van der Waals surface area contributed by atoms with Gasteiger partial charge in [0, 0.05) is 16.2 Å². The van der Waals surface area contributed by atoms with Gasteiger partial charge in [-0.15, -0.1) is 16.4 Å². The van der Waals surface area contributed by atoms with E-state index in [9.17, 15) is 4.79 Å². The molecule has 1 N–H and O–H groups in total. The number of aromatic nitrogens is 4. The quantitative estimate of drug-likeness (QED) is 0.360. The van der Waals surface area contributed by atoms with E-state index in [0.29, 0.717) is 16.5 Å². The van der Waals surface area contributed by atoms with E-state index in [-0.39, 0.29) is 5.91 Å². The lowest BCUT2D eigenvalue weighted by atomic mass is 10.2. The summed E-state index contributed by atoms with van der Waals surface area (Å²) in [5, 5.41) is 10.5. The number of hydrogen-bond donors (Lipinski definition) is 1. The molecule has 0 saturated carbocycles. The van der Waals surface area contributed by atoms with E-state index in [4.69, 9.17) is 0 Å². The van der Waals surface area contributed by atoms with Crippen LogP contribution in [0.5, 0.6) is 0 Å². The molecule has 152 valence electrons. The molecule has 3 heterocycles. The van der Waals surface area contributed by atoms with Crippen LogP contribution in [0.15, 0.2) is 88.1 Å². The fourth-order valence-electron chi connectivity index (χ4n) is 3.10. The second-order valence-electron chi connectivity index (χ2n) is 6.78. The predicted octanol–water partition coefficient (Wildman–Crippen LogP) is 5.56. The third-order valence-electron chi connectivity index (χ3n) is 4.53. The molecule has 0 saturated heterocycles. The van der Waals surface area contributed by atoms with Crippen molar-refractivity contribution < 1.29 is 4.79 Å². The number of carbonyl (C=O) groups is 1. The van der Waals surface area contributed by atoms with Crippen LogP contribution in [0.25, 0.3) is 17.2 Å². The Labute approximate surface area is 187 Å². The van der Waals surface area contributed by atoms with Crippen LogP contribution in [0, 0.1) is 6.92 Å². The Morgan fingerprint density at radius 1 is 1.00 bits per heavy atom. The van der Waals surface area contributed by atoms with Gasteiger partial charge in [0.15, 0.2) is 5.82 Å². The maximum atomic E-state index is 12.6. The van der Waals surface area contributed by atoms with Gasteiger partial charge >= 0.3 is 0 Å². The molecule has 0 aliphatic carbocycles. The lowest BCUT2D eigenvalue weighted by molar-refractivity contribution is 0.103. The summed E-state index contributed by atoms with van der Waals surface area (Å²) >= 11 is 2.93. The highest BCUT2D eigenvalue weighted by atomic mass is 32.2. The second-order valence-corrected chi connectivity index (χ2v) is 8.79. The van der Waals surface area contributed by atoms with Gasteiger partial charge in [0.2, 0.25) is 0 Å². The number of hydrogen-bond acceptors (Lipinski definition) is 6. The zero-order valence-electron chi connectivity index (χ0n) is 16.5. The molecule has 0 radical (unpaired) electrons. The monoisotopic (exact) mass is 443 g/mol. The molecule has 0 aliphatic rings. The molecule has 6 nitrogen and oxygen atoms in total. The molecular formula is C23H17N5OS2. The Kier molecular flexibility index (Phi) is 5.23. The lowest BCUT2D eigenvalue weighted by Crippen LogP contribution is -2.10. The average Bonchev–Trinajstić information content (AvgIpc) is 3.46. The molecule has 31 heavy (non-hydrogen) atoms. The van der Waals surface area contributed by atoms with Crippen LogP contribution in [0.1, 0.15) is 15.4 Å². The summed E-state index contributed by atoms with van der Waals surface area (Å²) in [6.45, 7) is 1.94. The molecule has 1 amide bonds. The Bertz CT molecular complexity index is 1360. The van der Waals surface area contributed by atoms with E-state index >= 15 is 0 Å². The predicted molar refractivity (Wildman–Crippen MR) is 124 cm³/mol. The van der Waals surface area contributed by atoms with Crippen LogP contribution in [-0.2, 0) is 0 Å². The fourth-order valence-corrected chi connectivity index (χ4v) is 4.76. The first kappa shape index (κ1) is 19.5. The summed E-state index contributed by atoms with van der Waals surface area (Å²) in [6, 6.07) is 23.2. The summed E-state index contributed by atoms with van der Waals surface area (Å²) in [5.41, 5.74) is 2.53. The van der Waals surface area contributed by atoms with Gasteiger partial charge in [-0.25, -0.2) is 4.98 Å². The van der Waals surface area contributed by atoms with E-state index < -0.39 is 0 Å². The minimum atomic E-state index is -0.119. The van der Waals surface area contributed by atoms with E-state index in [2.05, 4.69) is 20.4 Å². The van der Waals surface area contributed by atoms with Crippen molar-refractivity contribution in [1.29, 1.82) is 0 Å². The van der Waals surface area contributed by atoms with Crippen molar-refractivity contribution in [2.75, 3.05) is 5.32 Å². The zero-order valence-corrected chi connectivity index (χ0v) is 18.2. The third-order valence-corrected chi connectivity index (χ3v) is 6.48. The van der Waals surface area contributed by atoms with Gasteiger partial charge in [0.1, 0.15) is 5.03 Å². The molecule has 8 heteroatoms. The first-order valence-electron chi connectivity index (χ1n) is 9.59. The Balaban J connectivity index is 1.51. The Hall–Kier alpha value is -3.49. The van der Waals surface area contributed by atoms with Crippen molar-refractivity contribution in [3.63, 3.8) is 0 Å². The van der Waals surface area contributed by atoms with Crippen LogP contribution < -0.4 is 5.32 Å². The molecular weight excluding hydrogens is 426 g/mol. The molecule has 2 aromatic carbocycles. The van der Waals surface area contributed by atoms with Gasteiger partial charge < -0.3 is 5.32 Å². The highest BCUT2D eigenvalue weighted by molar-refractivity contribution is 7.99. The summed E-state index contributed by atoms with van der Waals surface area (Å²) in [7, 11) is 0. The maximum Gasteiger partial charge on any atom is 0.265 e. The summed E-state index contributed by atoms with van der Waals surface area (Å²) in [6.07, 6.45) is 0. The first-order chi connectivity index (χ1) is 15.2. The molecule has 0 unspecified atom stereocenters. The number of anilines is 1. The molecule has 0 atom stereocenters. The number of fused-ring (bicyclic) bond motifs is 1. The number of aryl methyl sites for hydroxylation is 1.